The van der Waals surface area contributed by atoms with E-state index in [1.807, 2.05) is 0 Å². The Morgan fingerprint density at radius 1 is 1.23 bits per heavy atom. The molecule has 0 spiro atoms. The van der Waals surface area contributed by atoms with Crippen molar-refractivity contribution in [1.29, 1.82) is 0 Å². The van der Waals surface area contributed by atoms with Crippen LogP contribution in [-0.4, -0.2) is 84.7 Å². The van der Waals surface area contributed by atoms with Crippen LogP contribution in [-0.2, 0) is 4.79 Å². The van der Waals surface area contributed by atoms with Gasteiger partial charge in [0.15, 0.2) is 5.96 Å². The fourth-order valence-electron chi connectivity index (χ4n) is 3.61. The second-order valence-corrected chi connectivity index (χ2v) is 7.77. The lowest BCUT2D eigenvalue weighted by Crippen LogP contribution is -2.52. The van der Waals surface area contributed by atoms with Crippen LogP contribution in [0.1, 0.15) is 46.0 Å². The molecule has 26 heavy (non-hydrogen) atoms. The van der Waals surface area contributed by atoms with E-state index in [1.165, 1.54) is 0 Å². The van der Waals surface area contributed by atoms with Crippen LogP contribution in [0.25, 0.3) is 0 Å². The Labute approximate surface area is 175 Å². The molecule has 2 fully saturated rings. The number of hydrogen-bond acceptors (Lipinski definition) is 4. The molecule has 2 aliphatic rings. The van der Waals surface area contributed by atoms with Crippen LogP contribution in [0.5, 0.6) is 0 Å². The van der Waals surface area contributed by atoms with Crippen LogP contribution < -0.4 is 10.6 Å². The quantitative estimate of drug-likeness (QED) is 0.311. The van der Waals surface area contributed by atoms with E-state index in [0.717, 1.165) is 45.2 Å². The maximum absolute atomic E-state index is 11.8. The molecule has 1 aliphatic carbocycles. The first kappa shape index (κ1) is 23.4. The second kappa shape index (κ2) is 11.3. The second-order valence-electron chi connectivity index (χ2n) is 7.77. The molecule has 1 saturated heterocycles. The number of carbonyl (C=O) groups is 1. The highest BCUT2D eigenvalue weighted by molar-refractivity contribution is 14.0. The van der Waals surface area contributed by atoms with Gasteiger partial charge in [-0.3, -0.25) is 9.69 Å². The predicted molar refractivity (Wildman–Crippen MR) is 116 cm³/mol. The van der Waals surface area contributed by atoms with Gasteiger partial charge in [-0.15, -0.1) is 24.0 Å². The van der Waals surface area contributed by atoms with E-state index >= 15 is 0 Å². The molecular weight excluding hydrogens is 445 g/mol. The van der Waals surface area contributed by atoms with Crippen LogP contribution in [0, 0.1) is 0 Å². The summed E-state index contributed by atoms with van der Waals surface area (Å²) in [5.41, 5.74) is 0. The molecule has 2 rings (SSSR count). The minimum absolute atomic E-state index is 0. The number of amides is 1. The van der Waals surface area contributed by atoms with Crippen LogP contribution >= 0.6 is 24.0 Å². The zero-order valence-electron chi connectivity index (χ0n) is 16.6. The molecule has 2 atom stereocenters. The van der Waals surface area contributed by atoms with Crippen molar-refractivity contribution in [3.8, 4) is 0 Å². The van der Waals surface area contributed by atoms with E-state index in [4.69, 9.17) is 0 Å². The average Bonchev–Trinajstić information content (AvgIpc) is 2.98. The standard InChI is InChI=1S/C18H35N5O2.HI/c1-13(2)20-18(19-12-17(25)22(3)4)21-14-8-10-23(11-9-14)15-6-5-7-16(15)24;/h13-16,24H,5-12H2,1-4H3,(H2,19,20,21);1H. The molecule has 2 unspecified atom stereocenters. The van der Waals surface area contributed by atoms with Crippen molar-refractivity contribution in [2.24, 2.45) is 4.99 Å². The lowest BCUT2D eigenvalue weighted by Gasteiger charge is -2.38. The fourth-order valence-corrected chi connectivity index (χ4v) is 3.61. The Kier molecular flexibility index (Phi) is 10.2. The maximum atomic E-state index is 11.8. The van der Waals surface area contributed by atoms with Crippen molar-refractivity contribution in [2.75, 3.05) is 33.7 Å². The molecular formula is C18H36IN5O2. The van der Waals surface area contributed by atoms with Gasteiger partial charge < -0.3 is 20.6 Å². The average molecular weight is 481 g/mol. The molecule has 1 heterocycles. The Balaban J connectivity index is 0.00000338. The molecule has 1 aliphatic heterocycles. The highest BCUT2D eigenvalue weighted by atomic mass is 127. The third kappa shape index (κ3) is 7.19. The van der Waals surface area contributed by atoms with Gasteiger partial charge in [0.2, 0.25) is 5.91 Å². The Morgan fingerprint density at radius 3 is 2.38 bits per heavy atom. The first-order valence-electron chi connectivity index (χ1n) is 9.56. The number of nitrogens with one attached hydrogen (secondary N) is 2. The molecule has 1 amide bonds. The number of likely N-dealkylation sites (N-methyl/N-ethyl adjacent to an activating group) is 1. The van der Waals surface area contributed by atoms with Gasteiger partial charge in [0.05, 0.1) is 6.10 Å². The van der Waals surface area contributed by atoms with E-state index < -0.39 is 0 Å². The van der Waals surface area contributed by atoms with Crippen LogP contribution in [0.3, 0.4) is 0 Å². The summed E-state index contributed by atoms with van der Waals surface area (Å²) in [5, 5.41) is 16.9. The van der Waals surface area contributed by atoms with Gasteiger partial charge in [0.1, 0.15) is 6.54 Å². The van der Waals surface area contributed by atoms with Gasteiger partial charge in [-0.2, -0.15) is 0 Å². The number of piperidine rings is 1. The number of aliphatic hydroxyl groups excluding tert-OH is 1. The van der Waals surface area contributed by atoms with Gasteiger partial charge in [0, 0.05) is 45.3 Å². The first-order chi connectivity index (χ1) is 11.9. The number of guanidine groups is 1. The van der Waals surface area contributed by atoms with E-state index in [2.05, 4.69) is 34.4 Å². The summed E-state index contributed by atoms with van der Waals surface area (Å²) >= 11 is 0. The first-order valence-corrected chi connectivity index (χ1v) is 9.56. The Morgan fingerprint density at radius 2 is 1.88 bits per heavy atom. The number of aliphatic imine (C=N–C) groups is 1. The summed E-state index contributed by atoms with van der Waals surface area (Å²) in [6.07, 6.45) is 5.11. The summed E-state index contributed by atoms with van der Waals surface area (Å²) < 4.78 is 0. The van der Waals surface area contributed by atoms with Crippen LogP contribution in [0.15, 0.2) is 4.99 Å². The van der Waals surface area contributed by atoms with E-state index in [1.54, 1.807) is 19.0 Å². The number of nitrogens with zero attached hydrogens (tertiary/aromatic N) is 3. The Bertz CT molecular complexity index is 464. The van der Waals surface area contributed by atoms with Crippen molar-refractivity contribution in [1.82, 2.24) is 20.4 Å². The van der Waals surface area contributed by atoms with E-state index in [9.17, 15) is 9.90 Å². The molecule has 0 aromatic carbocycles. The molecule has 152 valence electrons. The number of rotatable bonds is 5. The number of likely N-dealkylation sites (tertiary alicyclic amines) is 1. The lowest BCUT2D eigenvalue weighted by atomic mass is 10.0. The predicted octanol–water partition coefficient (Wildman–Crippen LogP) is 1.01. The van der Waals surface area contributed by atoms with E-state index in [-0.39, 0.29) is 48.6 Å². The van der Waals surface area contributed by atoms with Crippen molar-refractivity contribution in [2.45, 2.75) is 70.2 Å². The highest BCUT2D eigenvalue weighted by Gasteiger charge is 2.33. The molecule has 0 radical (unpaired) electrons. The molecule has 8 heteroatoms. The summed E-state index contributed by atoms with van der Waals surface area (Å²) in [5.74, 6) is 0.708. The SMILES string of the molecule is CC(C)NC(=NCC(=O)N(C)C)NC1CCN(C2CCCC2O)CC1.I. The smallest absolute Gasteiger partial charge is 0.243 e. The van der Waals surface area contributed by atoms with Crippen molar-refractivity contribution >= 4 is 35.8 Å². The zero-order valence-corrected chi connectivity index (χ0v) is 18.9. The molecule has 0 aromatic heterocycles. The number of halogens is 1. The molecule has 1 saturated carbocycles. The van der Waals surface area contributed by atoms with Crippen LogP contribution in [0.2, 0.25) is 0 Å². The molecule has 0 bridgehead atoms. The maximum Gasteiger partial charge on any atom is 0.243 e. The largest absolute Gasteiger partial charge is 0.391 e. The highest BCUT2D eigenvalue weighted by Crippen LogP contribution is 2.26. The summed E-state index contributed by atoms with van der Waals surface area (Å²) in [6, 6.07) is 0.962. The molecule has 0 aromatic rings. The van der Waals surface area contributed by atoms with Gasteiger partial charge in [-0.05, 0) is 46.0 Å². The zero-order chi connectivity index (χ0) is 18.4. The fraction of sp³-hybridized carbons (Fsp3) is 0.889. The van der Waals surface area contributed by atoms with Crippen LogP contribution in [0.4, 0.5) is 0 Å². The monoisotopic (exact) mass is 481 g/mol. The lowest BCUT2D eigenvalue weighted by molar-refractivity contribution is -0.127. The van der Waals surface area contributed by atoms with Crippen molar-refractivity contribution in [3.05, 3.63) is 0 Å². The summed E-state index contributed by atoms with van der Waals surface area (Å²) in [4.78, 5) is 20.2. The summed E-state index contributed by atoms with van der Waals surface area (Å²) in [7, 11) is 3.49. The van der Waals surface area contributed by atoms with E-state index in [0.29, 0.717) is 18.0 Å². The normalized spacial score (nSPS) is 25.1. The minimum atomic E-state index is -0.152. The molecule has 3 N–H and O–H groups in total. The van der Waals surface area contributed by atoms with Gasteiger partial charge >= 0.3 is 0 Å². The van der Waals surface area contributed by atoms with Gasteiger partial charge in [-0.1, -0.05) is 0 Å². The minimum Gasteiger partial charge on any atom is -0.391 e. The number of carbonyl (C=O) groups excluding carboxylic acids is 1. The summed E-state index contributed by atoms with van der Waals surface area (Å²) in [6.45, 7) is 6.29. The van der Waals surface area contributed by atoms with Gasteiger partial charge in [0.25, 0.3) is 0 Å². The van der Waals surface area contributed by atoms with Crippen molar-refractivity contribution in [3.63, 3.8) is 0 Å². The Hall–Kier alpha value is -0.610. The third-order valence-electron chi connectivity index (χ3n) is 5.08. The van der Waals surface area contributed by atoms with Gasteiger partial charge in [-0.25, -0.2) is 4.99 Å². The van der Waals surface area contributed by atoms with Crippen molar-refractivity contribution < 1.29 is 9.90 Å². The number of aliphatic hydroxyl groups is 1. The third-order valence-corrected chi connectivity index (χ3v) is 5.08. The molecule has 7 nitrogen and oxygen atoms in total. The topological polar surface area (TPSA) is 80.2 Å². The number of hydrogen-bond donors (Lipinski definition) is 3.